The van der Waals surface area contributed by atoms with Crippen LogP contribution < -0.4 is 0 Å². The fraction of sp³-hybridized carbons (Fsp3) is 0.731. The van der Waals surface area contributed by atoms with Crippen LogP contribution in [0.15, 0.2) is 29.4 Å². The third-order valence-corrected chi connectivity index (χ3v) is 10.7. The minimum Gasteiger partial charge on any atom is -0.364 e. The molecule has 5 rings (SSSR count). The number of pyridine rings is 1. The van der Waals surface area contributed by atoms with Crippen LogP contribution in [-0.2, 0) is 14.3 Å². The van der Waals surface area contributed by atoms with Gasteiger partial charge in [-0.3, -0.25) is 9.59 Å². The Bertz CT molecular complexity index is 879. The van der Waals surface area contributed by atoms with Gasteiger partial charge in [-0.2, -0.15) is 0 Å². The topological polar surface area (TPSA) is 59.5 Å². The summed E-state index contributed by atoms with van der Waals surface area (Å²) in [5.74, 6) is 2.32. The SMILES string of the molecule is COCN1C(=O)CC[C@]2(C)[C@H]3CC[C@]4(C)[C@@H](C(=O)Sc5ccccn5)CC[C@H]4[C@@H]3CC[C@@H]12. The standard InChI is InChI=1S/C26H36N2O3S/c1-25-13-11-19-17(7-10-21-26(19,2)14-12-23(29)28(21)16-31-3)18(25)8-9-20(25)24(30)32-22-6-4-5-15-27-22/h4-6,15,17-21H,7-14,16H2,1-3H3/t17-,18-,19-,20+,21+,25-,26+/m0/s1. The van der Waals surface area contributed by atoms with Crippen LogP contribution in [0.4, 0.5) is 0 Å². The van der Waals surface area contributed by atoms with E-state index in [9.17, 15) is 9.59 Å². The molecule has 0 N–H and O–H groups in total. The Morgan fingerprint density at radius 2 is 1.94 bits per heavy atom. The summed E-state index contributed by atoms with van der Waals surface area (Å²) >= 11 is 1.34. The predicted molar refractivity (Wildman–Crippen MR) is 125 cm³/mol. The van der Waals surface area contributed by atoms with E-state index in [0.29, 0.717) is 42.1 Å². The first kappa shape index (κ1) is 22.4. The Morgan fingerprint density at radius 3 is 2.69 bits per heavy atom. The Kier molecular flexibility index (Phi) is 5.90. The third-order valence-electron chi connectivity index (χ3n) is 9.79. The number of fused-ring (bicyclic) bond motifs is 5. The molecule has 0 spiro atoms. The maximum absolute atomic E-state index is 13.3. The summed E-state index contributed by atoms with van der Waals surface area (Å²) in [6.45, 7) is 5.26. The van der Waals surface area contributed by atoms with Crippen molar-refractivity contribution in [3.63, 3.8) is 0 Å². The van der Waals surface area contributed by atoms with Crippen molar-refractivity contribution < 1.29 is 14.3 Å². The molecule has 1 aromatic rings. The van der Waals surface area contributed by atoms with Gasteiger partial charge in [0, 0.05) is 31.7 Å². The van der Waals surface area contributed by atoms with Crippen molar-refractivity contribution in [2.45, 2.75) is 76.3 Å². The minimum absolute atomic E-state index is 0.0972. The molecule has 7 atom stereocenters. The molecule has 1 saturated heterocycles. The van der Waals surface area contributed by atoms with E-state index in [-0.39, 0.29) is 22.7 Å². The van der Waals surface area contributed by atoms with Crippen molar-refractivity contribution in [3.05, 3.63) is 24.4 Å². The molecule has 2 heterocycles. The highest BCUT2D eigenvalue weighted by Gasteiger charge is 2.62. The van der Waals surface area contributed by atoms with E-state index in [4.69, 9.17) is 4.74 Å². The van der Waals surface area contributed by atoms with Gasteiger partial charge in [0.05, 0.1) is 0 Å². The summed E-state index contributed by atoms with van der Waals surface area (Å²) in [4.78, 5) is 32.4. The van der Waals surface area contributed by atoms with Gasteiger partial charge in [0.15, 0.2) is 5.12 Å². The van der Waals surface area contributed by atoms with E-state index < -0.39 is 0 Å². The van der Waals surface area contributed by atoms with E-state index in [2.05, 4.69) is 18.8 Å². The average Bonchev–Trinajstić information content (AvgIpc) is 3.14. The molecule has 1 aliphatic heterocycles. The molecule has 0 aromatic carbocycles. The fourth-order valence-electron chi connectivity index (χ4n) is 8.26. The average molecular weight is 457 g/mol. The van der Waals surface area contributed by atoms with Gasteiger partial charge in [-0.05, 0) is 97.4 Å². The second-order valence-electron chi connectivity index (χ2n) is 11.0. The van der Waals surface area contributed by atoms with E-state index in [1.807, 2.05) is 23.1 Å². The highest BCUT2D eigenvalue weighted by molar-refractivity contribution is 8.13. The Morgan fingerprint density at radius 1 is 1.12 bits per heavy atom. The molecule has 0 unspecified atom stereocenters. The molecular weight excluding hydrogens is 420 g/mol. The lowest BCUT2D eigenvalue weighted by atomic mass is 9.47. The smallest absolute Gasteiger partial charge is 0.224 e. The highest BCUT2D eigenvalue weighted by atomic mass is 32.2. The normalized spacial score (nSPS) is 41.0. The molecule has 3 aliphatic carbocycles. The molecule has 0 radical (unpaired) electrons. The summed E-state index contributed by atoms with van der Waals surface area (Å²) in [5, 5.41) is 1.12. The second kappa shape index (κ2) is 8.43. The first-order valence-corrected chi connectivity index (χ1v) is 13.1. The highest BCUT2D eigenvalue weighted by Crippen LogP contribution is 2.66. The lowest BCUT2D eigenvalue weighted by Gasteiger charge is -2.62. The number of methoxy groups -OCH3 is 1. The zero-order valence-corrected chi connectivity index (χ0v) is 20.4. The molecule has 0 bridgehead atoms. The number of hydrogen-bond donors (Lipinski definition) is 0. The number of rotatable bonds is 4. The molecule has 4 fully saturated rings. The summed E-state index contributed by atoms with van der Waals surface area (Å²) in [6, 6.07) is 6.08. The van der Waals surface area contributed by atoms with Crippen molar-refractivity contribution in [1.29, 1.82) is 0 Å². The van der Waals surface area contributed by atoms with Gasteiger partial charge < -0.3 is 9.64 Å². The molecule has 6 heteroatoms. The van der Waals surface area contributed by atoms with Gasteiger partial charge in [-0.15, -0.1) is 0 Å². The zero-order valence-electron chi connectivity index (χ0n) is 19.6. The van der Waals surface area contributed by atoms with Gasteiger partial charge in [-0.25, -0.2) is 4.98 Å². The van der Waals surface area contributed by atoms with Gasteiger partial charge >= 0.3 is 0 Å². The molecule has 32 heavy (non-hydrogen) atoms. The molecule has 3 saturated carbocycles. The largest absolute Gasteiger partial charge is 0.364 e. The first-order chi connectivity index (χ1) is 15.4. The number of carbonyl (C=O) groups is 2. The maximum Gasteiger partial charge on any atom is 0.224 e. The number of thioether (sulfide) groups is 1. The van der Waals surface area contributed by atoms with Crippen LogP contribution in [0.1, 0.15) is 65.2 Å². The fourth-order valence-corrected chi connectivity index (χ4v) is 9.26. The number of amides is 1. The van der Waals surface area contributed by atoms with Crippen molar-refractivity contribution in [2.24, 2.45) is 34.5 Å². The molecule has 174 valence electrons. The van der Waals surface area contributed by atoms with Crippen molar-refractivity contribution in [2.75, 3.05) is 13.8 Å². The molecule has 5 nitrogen and oxygen atoms in total. The third kappa shape index (κ3) is 3.44. The Labute approximate surface area is 196 Å². The minimum atomic E-state index is 0.0972. The van der Waals surface area contributed by atoms with Crippen LogP contribution in [-0.4, -0.2) is 40.8 Å². The molecule has 4 aliphatic rings. The van der Waals surface area contributed by atoms with Crippen LogP contribution in [0.25, 0.3) is 0 Å². The molecule has 1 aromatic heterocycles. The lowest BCUT2D eigenvalue weighted by Crippen LogP contribution is -2.62. The summed E-state index contributed by atoms with van der Waals surface area (Å²) in [7, 11) is 1.69. The quantitative estimate of drug-likeness (QED) is 0.586. The van der Waals surface area contributed by atoms with Crippen molar-refractivity contribution in [1.82, 2.24) is 9.88 Å². The lowest BCUT2D eigenvalue weighted by molar-refractivity contribution is -0.171. The van der Waals surface area contributed by atoms with Crippen LogP contribution >= 0.6 is 11.8 Å². The molecular formula is C26H36N2O3S. The Balaban J connectivity index is 1.36. The second-order valence-corrected chi connectivity index (χ2v) is 12.0. The van der Waals surface area contributed by atoms with E-state index in [0.717, 1.165) is 37.1 Å². The number of hydrogen-bond acceptors (Lipinski definition) is 5. The molecule has 1 amide bonds. The summed E-state index contributed by atoms with van der Waals surface area (Å²) in [5.41, 5.74) is 0.265. The first-order valence-electron chi connectivity index (χ1n) is 12.3. The number of carbonyl (C=O) groups excluding carboxylic acids is 2. The monoisotopic (exact) mass is 456 g/mol. The van der Waals surface area contributed by atoms with E-state index in [1.165, 1.54) is 24.6 Å². The Hall–Kier alpha value is -1.40. The van der Waals surface area contributed by atoms with Crippen molar-refractivity contribution in [3.8, 4) is 0 Å². The van der Waals surface area contributed by atoms with Crippen LogP contribution in [0, 0.1) is 34.5 Å². The number of aromatic nitrogens is 1. The van der Waals surface area contributed by atoms with Crippen LogP contribution in [0.2, 0.25) is 0 Å². The number of nitrogens with zero attached hydrogens (tertiary/aromatic N) is 2. The maximum atomic E-state index is 13.3. The summed E-state index contributed by atoms with van der Waals surface area (Å²) < 4.78 is 5.42. The van der Waals surface area contributed by atoms with Crippen LogP contribution in [0.3, 0.4) is 0 Å². The number of likely N-dealkylation sites (tertiary alicyclic amines) is 1. The van der Waals surface area contributed by atoms with E-state index in [1.54, 1.807) is 13.3 Å². The summed E-state index contributed by atoms with van der Waals surface area (Å²) in [6.07, 6.45) is 10.1. The van der Waals surface area contributed by atoms with E-state index >= 15 is 0 Å². The van der Waals surface area contributed by atoms with Crippen molar-refractivity contribution >= 4 is 22.8 Å². The van der Waals surface area contributed by atoms with Gasteiger partial charge in [0.1, 0.15) is 11.8 Å². The number of piperidine rings is 1. The van der Waals surface area contributed by atoms with Crippen LogP contribution in [0.5, 0.6) is 0 Å². The van der Waals surface area contributed by atoms with Gasteiger partial charge in [0.2, 0.25) is 5.91 Å². The van der Waals surface area contributed by atoms with Gasteiger partial charge in [0.25, 0.3) is 0 Å². The number of ether oxygens (including phenoxy) is 1. The van der Waals surface area contributed by atoms with Gasteiger partial charge in [-0.1, -0.05) is 19.9 Å². The zero-order chi connectivity index (χ0) is 22.5. The predicted octanol–water partition coefficient (Wildman–Crippen LogP) is 5.15.